The molecule has 0 saturated carbocycles. The van der Waals surface area contributed by atoms with E-state index in [-0.39, 0.29) is 0 Å². The number of hydrogen-bond acceptors (Lipinski definition) is 2. The number of aryl methyl sites for hydroxylation is 1. The van der Waals surface area contributed by atoms with E-state index in [1.165, 1.54) is 22.5 Å². The molecule has 0 heterocycles. The largest absolute Gasteiger partial charge is 0.341 e. The summed E-state index contributed by atoms with van der Waals surface area (Å²) in [5.74, 6) is 0. The number of benzene rings is 2. The van der Waals surface area contributed by atoms with E-state index in [9.17, 15) is 0 Å². The van der Waals surface area contributed by atoms with Crippen LogP contribution in [0.4, 0.5) is 11.4 Å². The van der Waals surface area contributed by atoms with Crippen molar-refractivity contribution >= 4 is 11.4 Å². The number of hydrogen-bond donors (Lipinski definition) is 1. The summed E-state index contributed by atoms with van der Waals surface area (Å²) in [5, 5.41) is 3.42. The Kier molecular flexibility index (Phi) is 5.40. The lowest BCUT2D eigenvalue weighted by molar-refractivity contribution is 0.576. The second-order valence-electron chi connectivity index (χ2n) is 5.39. The minimum absolute atomic E-state index is 0.390. The van der Waals surface area contributed by atoms with E-state index in [4.69, 9.17) is 0 Å². The highest BCUT2D eigenvalue weighted by atomic mass is 15.1. The van der Waals surface area contributed by atoms with Gasteiger partial charge >= 0.3 is 0 Å². The molecule has 112 valence electrons. The fourth-order valence-corrected chi connectivity index (χ4v) is 2.82. The van der Waals surface area contributed by atoms with E-state index in [2.05, 4.69) is 79.5 Å². The van der Waals surface area contributed by atoms with Gasteiger partial charge in [0.2, 0.25) is 0 Å². The molecule has 2 heteroatoms. The molecule has 2 rings (SSSR count). The summed E-state index contributed by atoms with van der Waals surface area (Å²) >= 11 is 0. The third-order valence-electron chi connectivity index (χ3n) is 4.02. The van der Waals surface area contributed by atoms with Gasteiger partial charge in [0.25, 0.3) is 0 Å². The van der Waals surface area contributed by atoms with Crippen LogP contribution < -0.4 is 10.2 Å². The van der Waals surface area contributed by atoms with Gasteiger partial charge in [-0.1, -0.05) is 42.8 Å². The zero-order chi connectivity index (χ0) is 15.2. The smallest absolute Gasteiger partial charge is 0.0459 e. The highest BCUT2D eigenvalue weighted by molar-refractivity contribution is 5.67. The lowest BCUT2D eigenvalue weighted by Crippen LogP contribution is -2.22. The third-order valence-corrected chi connectivity index (χ3v) is 4.02. The Morgan fingerprint density at radius 2 is 1.67 bits per heavy atom. The molecule has 1 N–H and O–H groups in total. The summed E-state index contributed by atoms with van der Waals surface area (Å²) in [6.07, 6.45) is 1.08. The van der Waals surface area contributed by atoms with Crippen molar-refractivity contribution < 1.29 is 0 Å². The number of rotatable bonds is 6. The Morgan fingerprint density at radius 3 is 2.24 bits per heavy atom. The first kappa shape index (κ1) is 15.6. The molecule has 0 aromatic heterocycles. The highest BCUT2D eigenvalue weighted by Crippen LogP contribution is 2.32. The molecule has 0 aliphatic heterocycles. The van der Waals surface area contributed by atoms with Crippen molar-refractivity contribution in [1.29, 1.82) is 0 Å². The van der Waals surface area contributed by atoms with Crippen molar-refractivity contribution in [2.75, 3.05) is 18.5 Å². The van der Waals surface area contributed by atoms with Crippen LogP contribution in [-0.4, -0.2) is 13.6 Å². The van der Waals surface area contributed by atoms with Crippen LogP contribution >= 0.6 is 0 Å². The zero-order valence-electron chi connectivity index (χ0n) is 13.6. The molecule has 1 unspecified atom stereocenters. The zero-order valence-corrected chi connectivity index (χ0v) is 13.6. The quantitative estimate of drug-likeness (QED) is 0.817. The van der Waals surface area contributed by atoms with Crippen LogP contribution in [0.15, 0.2) is 48.5 Å². The maximum atomic E-state index is 3.42. The van der Waals surface area contributed by atoms with E-state index in [0.717, 1.165) is 13.0 Å². The van der Waals surface area contributed by atoms with Gasteiger partial charge in [-0.25, -0.2) is 0 Å². The molecule has 0 radical (unpaired) electrons. The van der Waals surface area contributed by atoms with Gasteiger partial charge in [-0.2, -0.15) is 0 Å². The van der Waals surface area contributed by atoms with Crippen LogP contribution in [0.3, 0.4) is 0 Å². The molecule has 0 spiro atoms. The second-order valence-corrected chi connectivity index (χ2v) is 5.39. The molecule has 0 aliphatic carbocycles. The summed E-state index contributed by atoms with van der Waals surface area (Å²) in [7, 11) is 2.03. The fourth-order valence-electron chi connectivity index (χ4n) is 2.82. The highest BCUT2D eigenvalue weighted by Gasteiger charge is 2.16. The second kappa shape index (κ2) is 7.28. The van der Waals surface area contributed by atoms with Crippen LogP contribution in [0.2, 0.25) is 0 Å². The summed E-state index contributed by atoms with van der Waals surface area (Å²) in [5.41, 5.74) is 5.21. The number of anilines is 2. The SMILES string of the molecule is CCC(NC)c1ccccc1N(CC)c1ccc(C)cc1. The normalized spacial score (nSPS) is 12.2. The van der Waals surface area contributed by atoms with Crippen molar-refractivity contribution in [1.82, 2.24) is 5.32 Å². The minimum Gasteiger partial charge on any atom is -0.341 e. The molecule has 21 heavy (non-hydrogen) atoms. The van der Waals surface area contributed by atoms with Gasteiger partial charge < -0.3 is 10.2 Å². The first-order chi connectivity index (χ1) is 10.2. The van der Waals surface area contributed by atoms with Crippen molar-refractivity contribution in [2.24, 2.45) is 0 Å². The fraction of sp³-hybridized carbons (Fsp3) is 0.368. The Labute approximate surface area is 128 Å². The van der Waals surface area contributed by atoms with E-state index in [0.29, 0.717) is 6.04 Å². The van der Waals surface area contributed by atoms with Crippen molar-refractivity contribution in [3.05, 3.63) is 59.7 Å². The standard InChI is InChI=1S/C19H26N2/c1-5-18(20-4)17-9-7-8-10-19(17)21(6-2)16-13-11-15(3)12-14-16/h7-14,18,20H,5-6H2,1-4H3. The molecular weight excluding hydrogens is 256 g/mol. The number of para-hydroxylation sites is 1. The van der Waals surface area contributed by atoms with E-state index in [1.54, 1.807) is 0 Å². The molecule has 0 aliphatic rings. The van der Waals surface area contributed by atoms with E-state index < -0.39 is 0 Å². The van der Waals surface area contributed by atoms with Crippen LogP contribution in [0.5, 0.6) is 0 Å². The summed E-state index contributed by atoms with van der Waals surface area (Å²) in [6.45, 7) is 7.51. The molecule has 2 nitrogen and oxygen atoms in total. The average molecular weight is 282 g/mol. The summed E-state index contributed by atoms with van der Waals surface area (Å²) < 4.78 is 0. The predicted octanol–water partition coefficient (Wildman–Crippen LogP) is 4.82. The van der Waals surface area contributed by atoms with Gasteiger partial charge in [0, 0.05) is 24.0 Å². The molecule has 2 aromatic rings. The van der Waals surface area contributed by atoms with Crippen LogP contribution in [0, 0.1) is 6.92 Å². The van der Waals surface area contributed by atoms with Gasteiger partial charge in [0.15, 0.2) is 0 Å². The molecule has 2 aromatic carbocycles. The lowest BCUT2D eigenvalue weighted by atomic mass is 10.0. The van der Waals surface area contributed by atoms with Crippen molar-refractivity contribution in [2.45, 2.75) is 33.2 Å². The van der Waals surface area contributed by atoms with Crippen LogP contribution in [0.25, 0.3) is 0 Å². The predicted molar refractivity (Wildman–Crippen MR) is 92.4 cm³/mol. The van der Waals surface area contributed by atoms with E-state index >= 15 is 0 Å². The molecule has 0 amide bonds. The number of nitrogens with one attached hydrogen (secondary N) is 1. The van der Waals surface area contributed by atoms with Crippen molar-refractivity contribution in [3.63, 3.8) is 0 Å². The lowest BCUT2D eigenvalue weighted by Gasteiger charge is -2.28. The van der Waals surface area contributed by atoms with Gasteiger partial charge in [-0.15, -0.1) is 0 Å². The van der Waals surface area contributed by atoms with Gasteiger partial charge in [0.1, 0.15) is 0 Å². The molecule has 0 bridgehead atoms. The van der Waals surface area contributed by atoms with Gasteiger partial charge in [-0.05, 0) is 51.1 Å². The third kappa shape index (κ3) is 3.45. The molecule has 1 atom stereocenters. The maximum absolute atomic E-state index is 3.42. The van der Waals surface area contributed by atoms with Gasteiger partial charge in [0.05, 0.1) is 0 Å². The Morgan fingerprint density at radius 1 is 1.00 bits per heavy atom. The Balaban J connectivity index is 2.45. The molecule has 0 saturated heterocycles. The number of nitrogens with zero attached hydrogens (tertiary/aromatic N) is 1. The molecular formula is C19H26N2. The monoisotopic (exact) mass is 282 g/mol. The van der Waals surface area contributed by atoms with Crippen LogP contribution in [-0.2, 0) is 0 Å². The Hall–Kier alpha value is -1.80. The van der Waals surface area contributed by atoms with Gasteiger partial charge in [-0.3, -0.25) is 0 Å². The topological polar surface area (TPSA) is 15.3 Å². The summed E-state index contributed by atoms with van der Waals surface area (Å²) in [4.78, 5) is 2.38. The average Bonchev–Trinajstić information content (AvgIpc) is 2.52. The van der Waals surface area contributed by atoms with Crippen molar-refractivity contribution in [3.8, 4) is 0 Å². The Bertz CT molecular complexity index is 556. The summed E-state index contributed by atoms with van der Waals surface area (Å²) in [6, 6.07) is 17.9. The first-order valence-corrected chi connectivity index (χ1v) is 7.81. The van der Waals surface area contributed by atoms with E-state index in [1.807, 2.05) is 7.05 Å². The maximum Gasteiger partial charge on any atom is 0.0459 e. The minimum atomic E-state index is 0.390. The first-order valence-electron chi connectivity index (χ1n) is 7.81. The van der Waals surface area contributed by atoms with Crippen LogP contribution in [0.1, 0.15) is 37.4 Å². The molecule has 0 fully saturated rings.